The average molecular weight is 470 g/mol. The van der Waals surface area contributed by atoms with Gasteiger partial charge in [0.1, 0.15) is 17.3 Å². The van der Waals surface area contributed by atoms with Crippen LogP contribution in [0, 0.1) is 17.0 Å². The van der Waals surface area contributed by atoms with Gasteiger partial charge in [0, 0.05) is 23.8 Å². The van der Waals surface area contributed by atoms with Gasteiger partial charge >= 0.3 is 5.91 Å². The Bertz CT molecular complexity index is 1310. The van der Waals surface area contributed by atoms with E-state index < -0.39 is 28.4 Å². The largest absolute Gasteiger partial charge is 0.507 e. The van der Waals surface area contributed by atoms with Crippen LogP contribution in [0.1, 0.15) is 22.9 Å². The van der Waals surface area contributed by atoms with Crippen LogP contribution in [-0.4, -0.2) is 34.0 Å². The van der Waals surface area contributed by atoms with E-state index in [0.29, 0.717) is 17.1 Å². The highest BCUT2D eigenvalue weighted by atomic mass is 35.5. The number of aliphatic hydroxyl groups excluding tert-OH is 1. The number of carbonyl (C=O) groups excluding carboxylic acids is 2. The number of methoxy groups -OCH3 is 1. The number of aryl methyl sites for hydroxylation is 1. The molecule has 0 spiro atoms. The number of ketones is 1. The third-order valence-electron chi connectivity index (χ3n) is 5.15. The van der Waals surface area contributed by atoms with Crippen molar-refractivity contribution in [1.82, 2.24) is 5.16 Å². The first-order valence-corrected chi connectivity index (χ1v) is 9.93. The summed E-state index contributed by atoms with van der Waals surface area (Å²) in [4.78, 5) is 37.6. The number of amides is 1. The minimum absolute atomic E-state index is 0.0600. The predicted molar refractivity (Wildman–Crippen MR) is 117 cm³/mol. The lowest BCUT2D eigenvalue weighted by atomic mass is 9.95. The molecule has 0 bridgehead atoms. The van der Waals surface area contributed by atoms with E-state index in [4.69, 9.17) is 20.9 Å². The zero-order valence-electron chi connectivity index (χ0n) is 17.3. The maximum atomic E-state index is 13.0. The minimum Gasteiger partial charge on any atom is -0.507 e. The second-order valence-corrected chi connectivity index (χ2v) is 7.57. The van der Waals surface area contributed by atoms with E-state index in [1.54, 1.807) is 6.92 Å². The van der Waals surface area contributed by atoms with Gasteiger partial charge in [0.2, 0.25) is 0 Å². The standard InChI is InChI=1S/C22H16ClN3O7/c1-11-9-17(24-33-11)25-19(12-3-6-14(7-4-12)26(30)31)18(21(28)22(25)29)20(27)13-5-8-16(32-2)15(23)10-13/h3-10,19,27H,1-2H3/b20-18+. The summed E-state index contributed by atoms with van der Waals surface area (Å²) in [6, 6.07) is 10.0. The Kier molecular flexibility index (Phi) is 5.60. The van der Waals surface area contributed by atoms with E-state index in [2.05, 4.69) is 5.16 Å². The number of halogens is 1. The maximum absolute atomic E-state index is 13.0. The number of hydrogen-bond donors (Lipinski definition) is 1. The Labute approximate surface area is 191 Å². The summed E-state index contributed by atoms with van der Waals surface area (Å²) < 4.78 is 10.2. The van der Waals surface area contributed by atoms with E-state index in [9.17, 15) is 24.8 Å². The van der Waals surface area contributed by atoms with Crippen LogP contribution in [0.5, 0.6) is 5.75 Å². The number of anilines is 1. The zero-order chi connectivity index (χ0) is 23.9. The summed E-state index contributed by atoms with van der Waals surface area (Å²) in [5.41, 5.74) is 0.134. The van der Waals surface area contributed by atoms with Crippen molar-refractivity contribution in [2.45, 2.75) is 13.0 Å². The summed E-state index contributed by atoms with van der Waals surface area (Å²) >= 11 is 6.17. The molecule has 1 fully saturated rings. The molecule has 2 heterocycles. The highest BCUT2D eigenvalue weighted by Gasteiger charge is 2.48. The fourth-order valence-corrected chi connectivity index (χ4v) is 3.86. The number of hydrogen-bond acceptors (Lipinski definition) is 8. The minimum atomic E-state index is -1.11. The third kappa shape index (κ3) is 3.80. The van der Waals surface area contributed by atoms with E-state index in [0.717, 1.165) is 4.90 Å². The van der Waals surface area contributed by atoms with Gasteiger partial charge < -0.3 is 14.4 Å². The Morgan fingerprint density at radius 2 is 1.91 bits per heavy atom. The third-order valence-corrected chi connectivity index (χ3v) is 5.45. The molecular weight excluding hydrogens is 454 g/mol. The van der Waals surface area contributed by atoms with Crippen LogP contribution >= 0.6 is 11.6 Å². The first-order chi connectivity index (χ1) is 15.7. The van der Waals surface area contributed by atoms with E-state index in [1.165, 1.54) is 55.6 Å². The van der Waals surface area contributed by atoms with Gasteiger partial charge in [-0.05, 0) is 42.8 Å². The lowest BCUT2D eigenvalue weighted by Crippen LogP contribution is -2.29. The van der Waals surface area contributed by atoms with Crippen molar-refractivity contribution >= 4 is 40.6 Å². The number of rotatable bonds is 5. The molecule has 4 rings (SSSR count). The molecule has 33 heavy (non-hydrogen) atoms. The predicted octanol–water partition coefficient (Wildman–Crippen LogP) is 4.18. The van der Waals surface area contributed by atoms with E-state index in [1.807, 2.05) is 0 Å². The molecule has 1 aliphatic rings. The number of ether oxygens (including phenoxy) is 1. The molecule has 1 saturated heterocycles. The summed E-state index contributed by atoms with van der Waals surface area (Å²) in [5, 5.41) is 26.2. The molecule has 0 aliphatic carbocycles. The number of non-ortho nitro benzene ring substituents is 1. The van der Waals surface area contributed by atoms with Crippen molar-refractivity contribution in [2.24, 2.45) is 0 Å². The van der Waals surface area contributed by atoms with Gasteiger partial charge in [-0.2, -0.15) is 0 Å². The average Bonchev–Trinajstić information content (AvgIpc) is 3.34. The molecule has 3 aromatic rings. The van der Waals surface area contributed by atoms with Gasteiger partial charge in [-0.25, -0.2) is 0 Å². The summed E-state index contributed by atoms with van der Waals surface area (Å²) in [5.74, 6) is -1.54. The summed E-state index contributed by atoms with van der Waals surface area (Å²) in [6.07, 6.45) is 0. The first-order valence-electron chi connectivity index (χ1n) is 9.55. The van der Waals surface area contributed by atoms with Gasteiger partial charge in [0.15, 0.2) is 5.82 Å². The van der Waals surface area contributed by atoms with Gasteiger partial charge in [0.25, 0.3) is 11.5 Å². The van der Waals surface area contributed by atoms with Crippen LogP contribution in [-0.2, 0) is 9.59 Å². The fourth-order valence-electron chi connectivity index (χ4n) is 3.60. The van der Waals surface area contributed by atoms with Crippen LogP contribution in [0.4, 0.5) is 11.5 Å². The van der Waals surface area contributed by atoms with Crippen LogP contribution in [0.15, 0.2) is 58.6 Å². The Hall–Kier alpha value is -4.18. The number of nitro groups is 1. The summed E-state index contributed by atoms with van der Waals surface area (Å²) in [7, 11) is 1.43. The lowest BCUT2D eigenvalue weighted by molar-refractivity contribution is -0.384. The van der Waals surface area contributed by atoms with Gasteiger partial charge in [0.05, 0.1) is 28.7 Å². The van der Waals surface area contributed by atoms with Crippen LogP contribution < -0.4 is 9.64 Å². The Balaban J connectivity index is 1.92. The fraction of sp³-hybridized carbons (Fsp3) is 0.136. The molecule has 1 atom stereocenters. The van der Waals surface area contributed by atoms with Crippen molar-refractivity contribution in [3.05, 3.63) is 86.1 Å². The quantitative estimate of drug-likeness (QED) is 0.193. The Morgan fingerprint density at radius 1 is 1.21 bits per heavy atom. The number of nitro benzene ring substituents is 1. The maximum Gasteiger partial charge on any atom is 0.301 e. The molecule has 0 saturated carbocycles. The smallest absolute Gasteiger partial charge is 0.301 e. The monoisotopic (exact) mass is 469 g/mol. The van der Waals surface area contributed by atoms with Crippen molar-refractivity contribution in [3.8, 4) is 5.75 Å². The van der Waals surface area contributed by atoms with E-state index in [-0.39, 0.29) is 27.7 Å². The Morgan fingerprint density at radius 3 is 2.45 bits per heavy atom. The van der Waals surface area contributed by atoms with Gasteiger partial charge in [-0.3, -0.25) is 24.6 Å². The molecule has 1 aromatic heterocycles. The molecule has 1 amide bonds. The molecule has 168 valence electrons. The summed E-state index contributed by atoms with van der Waals surface area (Å²) in [6.45, 7) is 1.62. The van der Waals surface area contributed by atoms with Crippen molar-refractivity contribution in [2.75, 3.05) is 12.0 Å². The number of Topliss-reactive ketones (excluding diaryl/α,β-unsaturated/α-hetero) is 1. The number of aromatic nitrogens is 1. The molecule has 1 unspecified atom stereocenters. The highest BCUT2D eigenvalue weighted by molar-refractivity contribution is 6.51. The first kappa shape index (κ1) is 22.0. The number of carbonyl (C=O) groups is 2. The molecule has 1 aliphatic heterocycles. The molecule has 1 N–H and O–H groups in total. The molecule has 11 heteroatoms. The van der Waals surface area contributed by atoms with Crippen LogP contribution in [0.25, 0.3) is 5.76 Å². The van der Waals surface area contributed by atoms with Gasteiger partial charge in [-0.1, -0.05) is 16.8 Å². The van der Waals surface area contributed by atoms with Crippen LogP contribution in [0.3, 0.4) is 0 Å². The normalized spacial score (nSPS) is 17.4. The molecule has 2 aromatic carbocycles. The second-order valence-electron chi connectivity index (χ2n) is 7.16. The number of nitrogens with zero attached hydrogens (tertiary/aromatic N) is 3. The van der Waals surface area contributed by atoms with Crippen molar-refractivity contribution < 1.29 is 28.9 Å². The van der Waals surface area contributed by atoms with E-state index >= 15 is 0 Å². The zero-order valence-corrected chi connectivity index (χ0v) is 18.1. The second kappa shape index (κ2) is 8.40. The topological polar surface area (TPSA) is 136 Å². The molecule has 10 nitrogen and oxygen atoms in total. The van der Waals surface area contributed by atoms with Crippen molar-refractivity contribution in [1.29, 1.82) is 0 Å². The SMILES string of the molecule is COc1ccc(/C(O)=C2\C(=O)C(=O)N(c3cc(C)on3)C2c2ccc([N+](=O)[O-])cc2)cc1Cl. The number of benzene rings is 2. The highest BCUT2D eigenvalue weighted by Crippen LogP contribution is 2.42. The lowest BCUT2D eigenvalue weighted by Gasteiger charge is -2.22. The van der Waals surface area contributed by atoms with Crippen LogP contribution in [0.2, 0.25) is 5.02 Å². The molecular formula is C22H16ClN3O7. The number of aliphatic hydroxyl groups is 1. The van der Waals surface area contributed by atoms with Crippen molar-refractivity contribution in [3.63, 3.8) is 0 Å². The molecule has 0 radical (unpaired) electrons. The van der Waals surface area contributed by atoms with Gasteiger partial charge in [-0.15, -0.1) is 0 Å².